The maximum Gasteiger partial charge on any atom is 0.262 e. The summed E-state index contributed by atoms with van der Waals surface area (Å²) in [7, 11) is 1.54. The van der Waals surface area contributed by atoms with Gasteiger partial charge >= 0.3 is 0 Å². The van der Waals surface area contributed by atoms with Crippen LogP contribution in [0, 0.1) is 11.3 Å². The number of methoxy groups -OCH3 is 1. The molecule has 3 rings (SSSR count). The van der Waals surface area contributed by atoms with E-state index < -0.39 is 5.91 Å². The van der Waals surface area contributed by atoms with Crippen molar-refractivity contribution in [1.29, 1.82) is 5.26 Å². The number of benzene rings is 1. The minimum Gasteiger partial charge on any atom is -0.383 e. The molecule has 2 N–H and O–H groups in total. The van der Waals surface area contributed by atoms with Crippen molar-refractivity contribution in [3.63, 3.8) is 0 Å². The fourth-order valence-corrected chi connectivity index (χ4v) is 3.43. The molecule has 158 valence electrons. The minimum atomic E-state index is -0.458. The number of aromatic nitrogens is 1. The number of amides is 2. The minimum absolute atomic E-state index is 0.00293. The Morgan fingerprint density at radius 2 is 2.20 bits per heavy atom. The first-order valence-corrected chi connectivity index (χ1v) is 9.97. The largest absolute Gasteiger partial charge is 0.383 e. The Morgan fingerprint density at radius 1 is 1.37 bits per heavy atom. The zero-order chi connectivity index (χ0) is 21.3. The summed E-state index contributed by atoms with van der Waals surface area (Å²) in [5.74, 6) is -0.569. The number of nitriles is 1. The number of rotatable bonds is 9. The lowest BCUT2D eigenvalue weighted by Crippen LogP contribution is -2.34. The van der Waals surface area contributed by atoms with Crippen LogP contribution < -0.4 is 10.6 Å². The van der Waals surface area contributed by atoms with Gasteiger partial charge in [-0.2, -0.15) is 5.26 Å². The van der Waals surface area contributed by atoms with Crippen LogP contribution in [0.15, 0.2) is 36.0 Å². The highest BCUT2D eigenvalue weighted by Gasteiger charge is 2.17. The molecule has 0 spiro atoms. The quantitative estimate of drug-likeness (QED) is 0.371. The predicted molar refractivity (Wildman–Crippen MR) is 112 cm³/mol. The number of para-hydroxylation sites is 1. The predicted octanol–water partition coefficient (Wildman–Crippen LogP) is 1.61. The van der Waals surface area contributed by atoms with Crippen molar-refractivity contribution in [2.24, 2.45) is 0 Å². The van der Waals surface area contributed by atoms with Crippen LogP contribution in [0.25, 0.3) is 17.0 Å². The summed E-state index contributed by atoms with van der Waals surface area (Å²) in [6, 6.07) is 9.53. The average Bonchev–Trinajstić information content (AvgIpc) is 3.39. The van der Waals surface area contributed by atoms with Gasteiger partial charge in [0.1, 0.15) is 18.2 Å². The number of carbonyl (C=O) groups excluding carboxylic acids is 2. The van der Waals surface area contributed by atoms with Crippen molar-refractivity contribution < 1.29 is 19.1 Å². The third-order valence-corrected chi connectivity index (χ3v) is 4.94. The van der Waals surface area contributed by atoms with Crippen molar-refractivity contribution in [1.82, 2.24) is 15.2 Å². The fraction of sp³-hybridized carbons (Fsp3) is 0.409. The molecule has 1 aromatic heterocycles. The topological polar surface area (TPSA) is 105 Å². The van der Waals surface area contributed by atoms with Crippen LogP contribution in [0.5, 0.6) is 0 Å². The lowest BCUT2D eigenvalue weighted by Gasteiger charge is -2.11. The zero-order valence-corrected chi connectivity index (χ0v) is 17.0. The molecular formula is C22H26N4O4. The van der Waals surface area contributed by atoms with E-state index in [0.717, 1.165) is 30.4 Å². The fourth-order valence-electron chi connectivity index (χ4n) is 3.43. The second kappa shape index (κ2) is 10.6. The van der Waals surface area contributed by atoms with Crippen LogP contribution in [0.4, 0.5) is 0 Å². The van der Waals surface area contributed by atoms with Crippen molar-refractivity contribution in [2.75, 3.05) is 33.4 Å². The first kappa shape index (κ1) is 21.6. The van der Waals surface area contributed by atoms with Gasteiger partial charge in [-0.1, -0.05) is 18.2 Å². The molecule has 2 heterocycles. The summed E-state index contributed by atoms with van der Waals surface area (Å²) in [6.45, 7) is 2.08. The molecule has 8 nitrogen and oxygen atoms in total. The number of carbonyl (C=O) groups is 2. The number of nitrogens with one attached hydrogen (secondary N) is 2. The summed E-state index contributed by atoms with van der Waals surface area (Å²) < 4.78 is 12.3. The molecule has 1 atom stereocenters. The Hall–Kier alpha value is -3.15. The third kappa shape index (κ3) is 5.47. The van der Waals surface area contributed by atoms with E-state index in [9.17, 15) is 14.9 Å². The zero-order valence-electron chi connectivity index (χ0n) is 17.0. The molecule has 8 heteroatoms. The smallest absolute Gasteiger partial charge is 0.262 e. The van der Waals surface area contributed by atoms with Gasteiger partial charge in [-0.15, -0.1) is 0 Å². The number of nitrogens with zero attached hydrogens (tertiary/aromatic N) is 2. The van der Waals surface area contributed by atoms with E-state index >= 15 is 0 Å². The van der Waals surface area contributed by atoms with Crippen LogP contribution >= 0.6 is 0 Å². The highest BCUT2D eigenvalue weighted by Crippen LogP contribution is 2.23. The monoisotopic (exact) mass is 410 g/mol. The van der Waals surface area contributed by atoms with Gasteiger partial charge in [0, 0.05) is 49.5 Å². The van der Waals surface area contributed by atoms with E-state index in [1.165, 1.54) is 0 Å². The van der Waals surface area contributed by atoms with E-state index in [1.807, 2.05) is 34.9 Å². The molecule has 0 bridgehead atoms. The van der Waals surface area contributed by atoms with Crippen molar-refractivity contribution in [3.8, 4) is 6.07 Å². The molecular weight excluding hydrogens is 384 g/mol. The van der Waals surface area contributed by atoms with E-state index in [0.29, 0.717) is 25.3 Å². The molecule has 1 fully saturated rings. The van der Waals surface area contributed by atoms with E-state index in [2.05, 4.69) is 10.6 Å². The maximum atomic E-state index is 12.4. The van der Waals surface area contributed by atoms with Gasteiger partial charge < -0.3 is 24.7 Å². The second-order valence-electron chi connectivity index (χ2n) is 7.09. The van der Waals surface area contributed by atoms with Gasteiger partial charge in [-0.3, -0.25) is 9.59 Å². The molecule has 0 aliphatic carbocycles. The van der Waals surface area contributed by atoms with Gasteiger partial charge in [0.05, 0.1) is 12.7 Å². The Balaban J connectivity index is 1.76. The van der Waals surface area contributed by atoms with E-state index in [-0.39, 0.29) is 24.1 Å². The Bertz CT molecular complexity index is 967. The second-order valence-corrected chi connectivity index (χ2v) is 7.09. The van der Waals surface area contributed by atoms with Crippen molar-refractivity contribution in [2.45, 2.75) is 25.5 Å². The summed E-state index contributed by atoms with van der Waals surface area (Å²) in [6.07, 6.45) is 5.41. The van der Waals surface area contributed by atoms with Gasteiger partial charge in [0.25, 0.3) is 5.91 Å². The molecule has 2 aromatic rings. The number of hydrogen-bond acceptors (Lipinski definition) is 5. The summed E-state index contributed by atoms with van der Waals surface area (Å²) in [4.78, 5) is 24.7. The van der Waals surface area contributed by atoms with Gasteiger partial charge in [0.15, 0.2) is 0 Å². The molecule has 0 saturated carbocycles. The Morgan fingerprint density at radius 3 is 2.93 bits per heavy atom. The lowest BCUT2D eigenvalue weighted by molar-refractivity contribution is -0.122. The average molecular weight is 410 g/mol. The molecule has 0 unspecified atom stereocenters. The molecule has 1 saturated heterocycles. The number of hydrogen-bond donors (Lipinski definition) is 2. The lowest BCUT2D eigenvalue weighted by atomic mass is 10.1. The molecule has 0 radical (unpaired) electrons. The van der Waals surface area contributed by atoms with Crippen LogP contribution in [0.3, 0.4) is 0 Å². The Kier molecular flexibility index (Phi) is 7.60. The molecule has 1 aromatic carbocycles. The molecule has 30 heavy (non-hydrogen) atoms. The third-order valence-electron chi connectivity index (χ3n) is 4.94. The molecule has 2 amide bonds. The summed E-state index contributed by atoms with van der Waals surface area (Å²) in [5.41, 5.74) is 1.56. The standard InChI is InChI=1S/C22H26N4O4/c1-29-10-8-24-22(28)16(12-23)11-17-14-26(20-7-3-2-6-19(17)20)15-21(27)25-13-18-5-4-9-30-18/h2-3,6-7,11,14,18H,4-5,8-10,13,15H2,1H3,(H,24,28)(H,25,27)/b16-11+/t18-/m0/s1. The van der Waals surface area contributed by atoms with Gasteiger partial charge in [-0.25, -0.2) is 0 Å². The summed E-state index contributed by atoms with van der Waals surface area (Å²) >= 11 is 0. The first-order valence-electron chi connectivity index (χ1n) is 9.97. The van der Waals surface area contributed by atoms with Crippen LogP contribution in [0.2, 0.25) is 0 Å². The normalized spacial score (nSPS) is 16.4. The Labute approximate surface area is 175 Å². The van der Waals surface area contributed by atoms with Gasteiger partial charge in [0.2, 0.25) is 5.91 Å². The number of fused-ring (bicyclic) bond motifs is 1. The first-order chi connectivity index (χ1) is 14.6. The molecule has 1 aliphatic heterocycles. The van der Waals surface area contributed by atoms with Crippen LogP contribution in [-0.4, -0.2) is 55.9 Å². The van der Waals surface area contributed by atoms with Gasteiger partial charge in [-0.05, 0) is 25.0 Å². The number of ether oxygens (including phenoxy) is 2. The highest BCUT2D eigenvalue weighted by molar-refractivity contribution is 6.04. The van der Waals surface area contributed by atoms with Crippen molar-refractivity contribution in [3.05, 3.63) is 41.6 Å². The van der Waals surface area contributed by atoms with E-state index in [1.54, 1.807) is 19.4 Å². The molecule has 1 aliphatic rings. The van der Waals surface area contributed by atoms with Crippen LogP contribution in [-0.2, 0) is 25.6 Å². The van der Waals surface area contributed by atoms with E-state index in [4.69, 9.17) is 9.47 Å². The van der Waals surface area contributed by atoms with Crippen LogP contribution in [0.1, 0.15) is 18.4 Å². The summed E-state index contributed by atoms with van der Waals surface area (Å²) in [5, 5.41) is 15.8. The SMILES string of the molecule is COCCNC(=O)/C(C#N)=C/c1cn(CC(=O)NC[C@@H]2CCCO2)c2ccccc12. The highest BCUT2D eigenvalue weighted by atomic mass is 16.5. The van der Waals surface area contributed by atoms with Crippen molar-refractivity contribution >= 4 is 28.8 Å². The maximum absolute atomic E-state index is 12.4.